The van der Waals surface area contributed by atoms with Crippen LogP contribution in [0.3, 0.4) is 0 Å². The van der Waals surface area contributed by atoms with Gasteiger partial charge in [0.25, 0.3) is 0 Å². The first-order valence-corrected chi connectivity index (χ1v) is 5.66. The van der Waals surface area contributed by atoms with E-state index in [2.05, 4.69) is 58.1 Å². The molecule has 0 fully saturated rings. The van der Waals surface area contributed by atoms with E-state index in [1.165, 1.54) is 11.3 Å². The van der Waals surface area contributed by atoms with Gasteiger partial charge in [0.15, 0.2) is 6.21 Å². The molecule has 0 N–H and O–H groups in total. The Labute approximate surface area is 101 Å². The van der Waals surface area contributed by atoms with Gasteiger partial charge in [-0.1, -0.05) is 12.1 Å². The van der Waals surface area contributed by atoms with Crippen LogP contribution in [0.1, 0.15) is 5.56 Å². The Morgan fingerprint density at radius 1 is 1.18 bits per heavy atom. The number of pyridine rings is 1. The summed E-state index contributed by atoms with van der Waals surface area (Å²) in [6, 6.07) is 12.5. The van der Waals surface area contributed by atoms with Gasteiger partial charge >= 0.3 is 0 Å². The SMILES string of the molecule is CN1C[N+](c2cccnc2)=Cc2ccccc21. The molecule has 3 rings (SSSR count). The topological polar surface area (TPSA) is 19.1 Å². The van der Waals surface area contributed by atoms with E-state index in [9.17, 15) is 0 Å². The average Bonchev–Trinajstić information content (AvgIpc) is 2.40. The van der Waals surface area contributed by atoms with E-state index in [0.717, 1.165) is 12.4 Å². The third-order valence-corrected chi connectivity index (χ3v) is 2.98. The van der Waals surface area contributed by atoms with Crippen molar-refractivity contribution in [2.75, 3.05) is 18.6 Å². The smallest absolute Gasteiger partial charge is 0.225 e. The van der Waals surface area contributed by atoms with Crippen LogP contribution < -0.4 is 4.90 Å². The summed E-state index contributed by atoms with van der Waals surface area (Å²) in [5.74, 6) is 0. The molecule has 0 saturated carbocycles. The molecule has 0 aliphatic carbocycles. The summed E-state index contributed by atoms with van der Waals surface area (Å²) >= 11 is 0. The molecule has 2 aromatic rings. The maximum absolute atomic E-state index is 4.16. The predicted molar refractivity (Wildman–Crippen MR) is 69.0 cm³/mol. The molecule has 3 nitrogen and oxygen atoms in total. The normalized spacial score (nSPS) is 14.2. The van der Waals surface area contributed by atoms with Gasteiger partial charge in [0.05, 0.1) is 17.4 Å². The zero-order valence-corrected chi connectivity index (χ0v) is 9.74. The lowest BCUT2D eigenvalue weighted by Crippen LogP contribution is -2.32. The highest BCUT2D eigenvalue weighted by Crippen LogP contribution is 2.23. The molecule has 1 aliphatic heterocycles. The number of anilines is 1. The van der Waals surface area contributed by atoms with Gasteiger partial charge in [0.1, 0.15) is 0 Å². The number of para-hydroxylation sites is 1. The van der Waals surface area contributed by atoms with E-state index in [0.29, 0.717) is 0 Å². The minimum Gasteiger partial charge on any atom is -0.319 e. The molecule has 1 aliphatic rings. The number of fused-ring (bicyclic) bond motifs is 1. The van der Waals surface area contributed by atoms with E-state index in [1.54, 1.807) is 6.20 Å². The minimum absolute atomic E-state index is 0.850. The molecule has 0 saturated heterocycles. The lowest BCUT2D eigenvalue weighted by Gasteiger charge is -2.22. The first-order chi connectivity index (χ1) is 8.34. The largest absolute Gasteiger partial charge is 0.319 e. The van der Waals surface area contributed by atoms with E-state index < -0.39 is 0 Å². The fourth-order valence-electron chi connectivity index (χ4n) is 2.14. The van der Waals surface area contributed by atoms with E-state index in [4.69, 9.17) is 0 Å². The molecule has 0 bridgehead atoms. The molecule has 0 unspecified atom stereocenters. The third kappa shape index (κ3) is 1.80. The first-order valence-electron chi connectivity index (χ1n) is 5.66. The maximum atomic E-state index is 4.16. The Morgan fingerprint density at radius 2 is 2.06 bits per heavy atom. The second-order valence-electron chi connectivity index (χ2n) is 4.21. The molecular weight excluding hydrogens is 210 g/mol. The van der Waals surface area contributed by atoms with Crippen molar-refractivity contribution in [1.29, 1.82) is 0 Å². The van der Waals surface area contributed by atoms with Crippen molar-refractivity contribution in [2.45, 2.75) is 0 Å². The standard InChI is InChI=1S/C14H14N3/c1-16-11-17(13-6-4-8-15-9-13)10-12-5-2-3-7-14(12)16/h2-10H,11H2,1H3/q+1. The Hall–Kier alpha value is -2.16. The molecule has 1 aromatic heterocycles. The Kier molecular flexibility index (Phi) is 2.37. The van der Waals surface area contributed by atoms with Crippen molar-refractivity contribution in [2.24, 2.45) is 0 Å². The van der Waals surface area contributed by atoms with Crippen LogP contribution in [0.2, 0.25) is 0 Å². The fraction of sp³-hybridized carbons (Fsp3) is 0.143. The van der Waals surface area contributed by atoms with Crippen molar-refractivity contribution >= 4 is 17.6 Å². The van der Waals surface area contributed by atoms with Gasteiger partial charge in [0.2, 0.25) is 12.4 Å². The Bertz CT molecular complexity index is 561. The summed E-state index contributed by atoms with van der Waals surface area (Å²) in [7, 11) is 2.11. The lowest BCUT2D eigenvalue weighted by molar-refractivity contribution is -0.435. The third-order valence-electron chi connectivity index (χ3n) is 2.98. The number of hydrogen-bond donors (Lipinski definition) is 0. The van der Waals surface area contributed by atoms with Crippen molar-refractivity contribution in [1.82, 2.24) is 4.98 Å². The van der Waals surface area contributed by atoms with Gasteiger partial charge in [-0.25, -0.2) is 0 Å². The summed E-state index contributed by atoms with van der Waals surface area (Å²) in [5, 5.41) is 0. The van der Waals surface area contributed by atoms with Crippen LogP contribution >= 0.6 is 0 Å². The number of hydrogen-bond acceptors (Lipinski definition) is 2. The van der Waals surface area contributed by atoms with Gasteiger partial charge in [-0.2, -0.15) is 4.58 Å². The predicted octanol–water partition coefficient (Wildman–Crippen LogP) is 2.25. The van der Waals surface area contributed by atoms with Crippen molar-refractivity contribution in [3.63, 3.8) is 0 Å². The number of benzene rings is 1. The second-order valence-corrected chi connectivity index (χ2v) is 4.21. The van der Waals surface area contributed by atoms with Crippen LogP contribution in [-0.4, -0.2) is 29.5 Å². The minimum atomic E-state index is 0.850. The molecular formula is C14H14N3+. The summed E-state index contributed by atoms with van der Waals surface area (Å²) in [5.41, 5.74) is 3.63. The van der Waals surface area contributed by atoms with Crippen molar-refractivity contribution in [3.8, 4) is 0 Å². The van der Waals surface area contributed by atoms with E-state index in [-0.39, 0.29) is 0 Å². The highest BCUT2D eigenvalue weighted by molar-refractivity contribution is 5.86. The van der Waals surface area contributed by atoms with E-state index in [1.807, 2.05) is 12.3 Å². The lowest BCUT2D eigenvalue weighted by atomic mass is 10.1. The van der Waals surface area contributed by atoms with Gasteiger partial charge < -0.3 is 4.90 Å². The monoisotopic (exact) mass is 224 g/mol. The van der Waals surface area contributed by atoms with Gasteiger partial charge in [-0.3, -0.25) is 4.98 Å². The first kappa shape index (κ1) is 10.0. The molecule has 1 aromatic carbocycles. The van der Waals surface area contributed by atoms with Gasteiger partial charge in [-0.05, 0) is 18.2 Å². The van der Waals surface area contributed by atoms with Crippen molar-refractivity contribution in [3.05, 3.63) is 54.4 Å². The van der Waals surface area contributed by atoms with Crippen LogP contribution in [0.4, 0.5) is 11.4 Å². The molecule has 0 atom stereocenters. The van der Waals surface area contributed by atoms with Crippen LogP contribution in [0, 0.1) is 0 Å². The highest BCUT2D eigenvalue weighted by Gasteiger charge is 2.20. The second kappa shape index (κ2) is 4.01. The van der Waals surface area contributed by atoms with Gasteiger partial charge in [0, 0.05) is 19.3 Å². The number of rotatable bonds is 1. The Balaban J connectivity index is 2.08. The van der Waals surface area contributed by atoms with Crippen LogP contribution in [-0.2, 0) is 0 Å². The van der Waals surface area contributed by atoms with E-state index >= 15 is 0 Å². The fourth-order valence-corrected chi connectivity index (χ4v) is 2.14. The molecule has 3 heteroatoms. The quantitative estimate of drug-likeness (QED) is 0.692. The highest BCUT2D eigenvalue weighted by atomic mass is 15.3. The zero-order valence-electron chi connectivity index (χ0n) is 9.74. The van der Waals surface area contributed by atoms with Crippen LogP contribution in [0.25, 0.3) is 0 Å². The molecule has 84 valence electrons. The maximum Gasteiger partial charge on any atom is 0.225 e. The molecule has 0 spiro atoms. The van der Waals surface area contributed by atoms with Gasteiger partial charge in [-0.15, -0.1) is 0 Å². The Morgan fingerprint density at radius 3 is 2.88 bits per heavy atom. The zero-order chi connectivity index (χ0) is 11.7. The molecule has 0 radical (unpaired) electrons. The summed E-state index contributed by atoms with van der Waals surface area (Å²) in [6.45, 7) is 0.850. The van der Waals surface area contributed by atoms with Crippen LogP contribution in [0.5, 0.6) is 0 Å². The van der Waals surface area contributed by atoms with Crippen molar-refractivity contribution < 1.29 is 4.58 Å². The number of aromatic nitrogens is 1. The molecule has 17 heavy (non-hydrogen) atoms. The summed E-state index contributed by atoms with van der Waals surface area (Å²) in [4.78, 5) is 6.40. The molecule has 0 amide bonds. The van der Waals surface area contributed by atoms with Crippen LogP contribution in [0.15, 0.2) is 48.8 Å². The average molecular weight is 224 g/mol. The summed E-state index contributed by atoms with van der Waals surface area (Å²) < 4.78 is 2.20. The molecule has 2 heterocycles. The summed E-state index contributed by atoms with van der Waals surface area (Å²) in [6.07, 6.45) is 5.86. The number of nitrogens with zero attached hydrogens (tertiary/aromatic N) is 3.